The monoisotopic (exact) mass is 238 g/mol. The summed E-state index contributed by atoms with van der Waals surface area (Å²) in [7, 11) is 0. The van der Waals surface area contributed by atoms with Crippen LogP contribution in [0.3, 0.4) is 0 Å². The molecule has 0 amide bonds. The van der Waals surface area contributed by atoms with Gasteiger partial charge in [0.25, 0.3) is 0 Å². The summed E-state index contributed by atoms with van der Waals surface area (Å²) in [6, 6.07) is 0. The number of nitrogens with zero attached hydrogens (tertiary/aromatic N) is 1. The van der Waals surface area contributed by atoms with Gasteiger partial charge in [0.15, 0.2) is 0 Å². The van der Waals surface area contributed by atoms with Crippen LogP contribution in [0, 0.1) is 11.8 Å². The Morgan fingerprint density at radius 1 is 1.50 bits per heavy atom. The van der Waals surface area contributed by atoms with Crippen LogP contribution >= 0.6 is 11.3 Å². The zero-order chi connectivity index (χ0) is 11.5. The Hall–Kier alpha value is -0.410. The molecule has 0 spiro atoms. The van der Waals surface area contributed by atoms with Gasteiger partial charge in [-0.3, -0.25) is 0 Å². The average molecular weight is 238 g/mol. The number of aryl methyl sites for hydroxylation is 1. The van der Waals surface area contributed by atoms with Crippen molar-refractivity contribution in [2.75, 3.05) is 6.54 Å². The molecule has 90 valence electrons. The maximum atomic E-state index is 5.64. The minimum Gasteiger partial charge on any atom is -0.330 e. The molecular weight excluding hydrogens is 216 g/mol. The third kappa shape index (κ3) is 2.83. The molecule has 0 aliphatic heterocycles. The van der Waals surface area contributed by atoms with Gasteiger partial charge in [-0.05, 0) is 44.1 Å². The van der Waals surface area contributed by atoms with Gasteiger partial charge in [-0.2, -0.15) is 0 Å². The maximum Gasteiger partial charge on any atom is 0.0933 e. The largest absolute Gasteiger partial charge is 0.330 e. The number of rotatable bonds is 4. The number of thiazole rings is 1. The first kappa shape index (κ1) is 12.1. The van der Waals surface area contributed by atoms with Crippen molar-refractivity contribution in [3.8, 4) is 0 Å². The van der Waals surface area contributed by atoms with Crippen molar-refractivity contribution in [3.05, 3.63) is 15.6 Å². The summed E-state index contributed by atoms with van der Waals surface area (Å²) in [6.45, 7) is 5.35. The minimum atomic E-state index is 0.715. The normalized spacial score (nSPS) is 20.1. The number of aromatic nitrogens is 1. The molecule has 0 saturated heterocycles. The third-order valence-electron chi connectivity index (χ3n) is 3.24. The summed E-state index contributed by atoms with van der Waals surface area (Å²) in [4.78, 5) is 6.31. The van der Waals surface area contributed by atoms with E-state index < -0.39 is 0 Å². The third-order valence-corrected chi connectivity index (χ3v) is 4.39. The molecule has 16 heavy (non-hydrogen) atoms. The summed E-state index contributed by atoms with van der Waals surface area (Å²) in [6.07, 6.45) is 6.00. The highest BCUT2D eigenvalue weighted by Gasteiger charge is 2.22. The van der Waals surface area contributed by atoms with Crippen LogP contribution in [0.2, 0.25) is 0 Å². The number of nitrogens with two attached hydrogens (primary N) is 1. The van der Waals surface area contributed by atoms with Gasteiger partial charge in [-0.25, -0.2) is 4.98 Å². The molecule has 3 heteroatoms. The highest BCUT2D eigenvalue weighted by atomic mass is 32.1. The molecule has 2 N–H and O–H groups in total. The van der Waals surface area contributed by atoms with E-state index in [1.165, 1.54) is 36.4 Å². The van der Waals surface area contributed by atoms with Crippen molar-refractivity contribution in [3.63, 3.8) is 0 Å². The summed E-state index contributed by atoms with van der Waals surface area (Å²) < 4.78 is 0. The lowest BCUT2D eigenvalue weighted by Crippen LogP contribution is -2.16. The molecule has 2 nitrogen and oxygen atoms in total. The molecule has 1 atom stereocenters. The van der Waals surface area contributed by atoms with Gasteiger partial charge < -0.3 is 5.73 Å². The molecule has 1 aromatic heterocycles. The SMILES string of the molecule is CC(C)Cc1nc2c(s1)CC(CCN)CC2. The second kappa shape index (κ2) is 5.28. The van der Waals surface area contributed by atoms with Gasteiger partial charge in [0, 0.05) is 11.3 Å². The lowest BCUT2D eigenvalue weighted by molar-refractivity contribution is 0.433. The molecule has 2 rings (SSSR count). The van der Waals surface area contributed by atoms with E-state index in [0.29, 0.717) is 5.92 Å². The highest BCUT2D eigenvalue weighted by Crippen LogP contribution is 2.32. The van der Waals surface area contributed by atoms with Crippen molar-refractivity contribution in [2.24, 2.45) is 17.6 Å². The van der Waals surface area contributed by atoms with E-state index in [4.69, 9.17) is 10.7 Å². The standard InChI is InChI=1S/C13H22N2S/c1-9(2)7-13-15-11-4-3-10(5-6-14)8-12(11)16-13/h9-10H,3-8,14H2,1-2H3. The molecule has 0 aromatic carbocycles. The van der Waals surface area contributed by atoms with E-state index in [1.807, 2.05) is 11.3 Å². The summed E-state index contributed by atoms with van der Waals surface area (Å²) in [5.41, 5.74) is 7.02. The predicted octanol–water partition coefficient (Wildman–Crippen LogP) is 2.80. The van der Waals surface area contributed by atoms with Crippen LogP contribution in [-0.4, -0.2) is 11.5 Å². The average Bonchev–Trinajstić information content (AvgIpc) is 2.58. The van der Waals surface area contributed by atoms with Gasteiger partial charge in [0.2, 0.25) is 0 Å². The van der Waals surface area contributed by atoms with Crippen molar-refractivity contribution in [2.45, 2.75) is 46.0 Å². The lowest BCUT2D eigenvalue weighted by atomic mass is 9.89. The zero-order valence-corrected chi connectivity index (χ0v) is 11.1. The number of hydrogen-bond acceptors (Lipinski definition) is 3. The smallest absolute Gasteiger partial charge is 0.0933 e. The minimum absolute atomic E-state index is 0.715. The molecule has 1 aliphatic carbocycles. The fourth-order valence-electron chi connectivity index (χ4n) is 2.42. The molecule has 0 radical (unpaired) electrons. The Morgan fingerprint density at radius 2 is 2.31 bits per heavy atom. The number of hydrogen-bond donors (Lipinski definition) is 1. The Kier molecular flexibility index (Phi) is 3.98. The van der Waals surface area contributed by atoms with Crippen LogP contribution in [0.5, 0.6) is 0 Å². The number of fused-ring (bicyclic) bond motifs is 1. The van der Waals surface area contributed by atoms with Crippen LogP contribution in [0.15, 0.2) is 0 Å². The first-order chi connectivity index (χ1) is 7.69. The van der Waals surface area contributed by atoms with E-state index in [9.17, 15) is 0 Å². The van der Waals surface area contributed by atoms with Crippen LogP contribution in [0.25, 0.3) is 0 Å². The van der Waals surface area contributed by atoms with Gasteiger partial charge in [-0.15, -0.1) is 11.3 Å². The molecule has 1 unspecified atom stereocenters. The zero-order valence-electron chi connectivity index (χ0n) is 10.3. The quantitative estimate of drug-likeness (QED) is 0.876. The van der Waals surface area contributed by atoms with Crippen molar-refractivity contribution < 1.29 is 0 Å². The van der Waals surface area contributed by atoms with E-state index in [1.54, 1.807) is 4.88 Å². The molecule has 1 heterocycles. The highest BCUT2D eigenvalue weighted by molar-refractivity contribution is 7.11. The van der Waals surface area contributed by atoms with Crippen LogP contribution < -0.4 is 5.73 Å². The van der Waals surface area contributed by atoms with Gasteiger partial charge >= 0.3 is 0 Å². The topological polar surface area (TPSA) is 38.9 Å². The predicted molar refractivity (Wildman–Crippen MR) is 69.8 cm³/mol. The van der Waals surface area contributed by atoms with Crippen molar-refractivity contribution in [1.29, 1.82) is 0 Å². The Morgan fingerprint density at radius 3 is 3.00 bits per heavy atom. The van der Waals surface area contributed by atoms with Crippen LogP contribution in [-0.2, 0) is 19.3 Å². The fourth-order valence-corrected chi connectivity index (χ4v) is 3.86. The second-order valence-electron chi connectivity index (χ2n) is 5.26. The lowest BCUT2D eigenvalue weighted by Gasteiger charge is -2.19. The van der Waals surface area contributed by atoms with E-state index in [0.717, 1.165) is 18.9 Å². The summed E-state index contributed by atoms with van der Waals surface area (Å²) >= 11 is 1.94. The molecule has 1 aromatic rings. The van der Waals surface area contributed by atoms with Crippen molar-refractivity contribution in [1.82, 2.24) is 4.98 Å². The van der Waals surface area contributed by atoms with Crippen molar-refractivity contribution >= 4 is 11.3 Å². The van der Waals surface area contributed by atoms with E-state index in [-0.39, 0.29) is 0 Å². The summed E-state index contributed by atoms with van der Waals surface area (Å²) in [5.74, 6) is 1.53. The Balaban J connectivity index is 2.04. The van der Waals surface area contributed by atoms with Gasteiger partial charge in [0.1, 0.15) is 0 Å². The first-order valence-corrected chi connectivity index (χ1v) is 7.18. The van der Waals surface area contributed by atoms with E-state index >= 15 is 0 Å². The Labute approximate surface area is 102 Å². The van der Waals surface area contributed by atoms with E-state index in [2.05, 4.69) is 13.8 Å². The molecule has 0 fully saturated rings. The van der Waals surface area contributed by atoms with Crippen LogP contribution in [0.4, 0.5) is 0 Å². The molecule has 0 saturated carbocycles. The van der Waals surface area contributed by atoms with Crippen LogP contribution in [0.1, 0.15) is 42.3 Å². The molecule has 0 bridgehead atoms. The van der Waals surface area contributed by atoms with Gasteiger partial charge in [-0.1, -0.05) is 13.8 Å². The second-order valence-corrected chi connectivity index (χ2v) is 6.43. The first-order valence-electron chi connectivity index (χ1n) is 6.36. The molecule has 1 aliphatic rings. The van der Waals surface area contributed by atoms with Gasteiger partial charge in [0.05, 0.1) is 10.7 Å². The fraction of sp³-hybridized carbons (Fsp3) is 0.769. The Bertz CT molecular complexity index is 344. The maximum absolute atomic E-state index is 5.64. The molecular formula is C13H22N2S. The summed E-state index contributed by atoms with van der Waals surface area (Å²) in [5, 5.41) is 1.34.